The van der Waals surface area contributed by atoms with Crippen molar-refractivity contribution in [3.05, 3.63) is 28.8 Å². The number of hydrogen-bond acceptors (Lipinski definition) is 1. The lowest BCUT2D eigenvalue weighted by Gasteiger charge is -2.04. The van der Waals surface area contributed by atoms with Gasteiger partial charge in [-0.2, -0.15) is 13.2 Å². The van der Waals surface area contributed by atoms with Crippen molar-refractivity contribution in [1.29, 1.82) is 0 Å². The van der Waals surface area contributed by atoms with Crippen molar-refractivity contribution < 1.29 is 17.6 Å². The number of aromatic nitrogens is 1. The highest BCUT2D eigenvalue weighted by Crippen LogP contribution is 2.28. The molecule has 0 aromatic carbocycles. The minimum Gasteiger partial charge on any atom is -0.231 e. The van der Waals surface area contributed by atoms with Crippen LogP contribution < -0.4 is 0 Å². The van der Waals surface area contributed by atoms with Gasteiger partial charge in [0.1, 0.15) is 16.7 Å². The first-order valence-corrected chi connectivity index (χ1v) is 3.17. The topological polar surface area (TPSA) is 12.9 Å². The first kappa shape index (κ1) is 9.25. The van der Waals surface area contributed by atoms with Gasteiger partial charge in [0.25, 0.3) is 0 Å². The van der Waals surface area contributed by atoms with Crippen molar-refractivity contribution in [2.45, 2.75) is 6.18 Å². The van der Waals surface area contributed by atoms with E-state index in [9.17, 15) is 17.6 Å². The van der Waals surface area contributed by atoms with Gasteiger partial charge in [0, 0.05) is 12.1 Å². The Kier molecular flexibility index (Phi) is 2.23. The molecule has 0 bridgehead atoms. The summed E-state index contributed by atoms with van der Waals surface area (Å²) in [6.07, 6.45) is -4.66. The third-order valence-corrected chi connectivity index (χ3v) is 1.24. The molecule has 1 aromatic heterocycles. The summed E-state index contributed by atoms with van der Waals surface area (Å²) in [7, 11) is 0. The van der Waals surface area contributed by atoms with Crippen LogP contribution in [0.2, 0.25) is 5.15 Å². The summed E-state index contributed by atoms with van der Waals surface area (Å²) >= 11 is 5.11. The molecule has 0 N–H and O–H groups in total. The molecule has 1 nitrogen and oxygen atoms in total. The maximum atomic E-state index is 12.3. The Morgan fingerprint density at radius 1 is 1.25 bits per heavy atom. The maximum Gasteiger partial charge on any atom is 0.433 e. The van der Waals surface area contributed by atoms with Gasteiger partial charge < -0.3 is 0 Å². The fourth-order valence-electron chi connectivity index (χ4n) is 0.611. The van der Waals surface area contributed by atoms with Crippen LogP contribution >= 0.6 is 11.6 Å². The Hall–Kier alpha value is -0.840. The zero-order valence-corrected chi connectivity index (χ0v) is 6.25. The quantitative estimate of drug-likeness (QED) is 0.463. The van der Waals surface area contributed by atoms with Crippen LogP contribution in [0, 0.1) is 5.82 Å². The largest absolute Gasteiger partial charge is 0.433 e. The molecule has 0 fully saturated rings. The van der Waals surface area contributed by atoms with Crippen LogP contribution in [0.5, 0.6) is 0 Å². The third kappa shape index (κ3) is 2.07. The number of nitrogens with zero attached hydrogens (tertiary/aromatic N) is 1. The first-order chi connectivity index (χ1) is 5.39. The van der Waals surface area contributed by atoms with Crippen molar-refractivity contribution in [2.24, 2.45) is 0 Å². The van der Waals surface area contributed by atoms with E-state index in [1.54, 1.807) is 0 Å². The molecule has 0 spiro atoms. The number of halogens is 5. The molecule has 0 aliphatic carbocycles. The molecule has 0 saturated heterocycles. The lowest BCUT2D eigenvalue weighted by atomic mass is 10.3. The van der Waals surface area contributed by atoms with E-state index in [0.29, 0.717) is 6.07 Å². The lowest BCUT2D eigenvalue weighted by Crippen LogP contribution is -2.08. The predicted octanol–water partition coefficient (Wildman–Crippen LogP) is 2.89. The maximum absolute atomic E-state index is 12.3. The van der Waals surface area contributed by atoms with Crippen LogP contribution in [-0.2, 0) is 6.18 Å². The minimum absolute atomic E-state index is 0.284. The molecule has 1 heterocycles. The fourth-order valence-corrected chi connectivity index (χ4v) is 0.806. The molecule has 0 saturated carbocycles. The molecule has 0 aliphatic heterocycles. The minimum atomic E-state index is -4.66. The van der Waals surface area contributed by atoms with E-state index in [0.717, 1.165) is 0 Å². The number of rotatable bonds is 0. The summed E-state index contributed by atoms with van der Waals surface area (Å²) in [4.78, 5) is 2.91. The molecule has 0 radical (unpaired) electrons. The van der Waals surface area contributed by atoms with Crippen LogP contribution in [0.15, 0.2) is 12.1 Å². The van der Waals surface area contributed by atoms with Gasteiger partial charge in [-0.25, -0.2) is 9.37 Å². The van der Waals surface area contributed by atoms with Gasteiger partial charge in [-0.3, -0.25) is 0 Å². The second-order valence-corrected chi connectivity index (χ2v) is 2.38. The third-order valence-electron chi connectivity index (χ3n) is 1.05. The van der Waals surface area contributed by atoms with Gasteiger partial charge >= 0.3 is 6.18 Å². The molecule has 6 heteroatoms. The Morgan fingerprint density at radius 3 is 2.25 bits per heavy atom. The van der Waals surface area contributed by atoms with Crippen molar-refractivity contribution in [3.63, 3.8) is 0 Å². The fraction of sp³-hybridized carbons (Fsp3) is 0.167. The van der Waals surface area contributed by atoms with Crippen LogP contribution in [0.1, 0.15) is 5.69 Å². The molecule has 0 unspecified atom stereocenters. The first-order valence-electron chi connectivity index (χ1n) is 2.80. The summed E-state index contributed by atoms with van der Waals surface area (Å²) < 4.78 is 47.9. The molecule has 1 rings (SSSR count). The Bertz CT molecular complexity index is 276. The highest BCUT2D eigenvalue weighted by atomic mass is 35.5. The van der Waals surface area contributed by atoms with E-state index >= 15 is 0 Å². The van der Waals surface area contributed by atoms with Gasteiger partial charge in [0.2, 0.25) is 0 Å². The summed E-state index contributed by atoms with van der Waals surface area (Å²) in [5.41, 5.74) is -1.33. The zero-order chi connectivity index (χ0) is 9.35. The van der Waals surface area contributed by atoms with E-state index in [1.165, 1.54) is 0 Å². The van der Waals surface area contributed by atoms with Crippen LogP contribution in [0.25, 0.3) is 0 Å². The molecule has 0 amide bonds. The van der Waals surface area contributed by atoms with Crippen molar-refractivity contribution in [3.8, 4) is 0 Å². The monoisotopic (exact) mass is 199 g/mol. The van der Waals surface area contributed by atoms with Gasteiger partial charge in [0.15, 0.2) is 0 Å². The Morgan fingerprint density at radius 2 is 1.83 bits per heavy atom. The standard InChI is InChI=1S/C6H2ClF4N/c7-5-2-3(8)1-4(12-5)6(9,10)11/h1-2H. The summed E-state index contributed by atoms with van der Waals surface area (Å²) in [6, 6.07) is 0.989. The highest BCUT2D eigenvalue weighted by Gasteiger charge is 2.33. The molecule has 12 heavy (non-hydrogen) atoms. The van der Waals surface area contributed by atoms with Crippen molar-refractivity contribution in [1.82, 2.24) is 4.98 Å². The van der Waals surface area contributed by atoms with E-state index in [-0.39, 0.29) is 6.07 Å². The summed E-state index contributed by atoms with van der Waals surface area (Å²) in [5, 5.41) is -0.512. The van der Waals surface area contributed by atoms with Gasteiger partial charge in [-0.15, -0.1) is 0 Å². The van der Waals surface area contributed by atoms with Crippen LogP contribution in [0.4, 0.5) is 17.6 Å². The zero-order valence-electron chi connectivity index (χ0n) is 5.49. The highest BCUT2D eigenvalue weighted by molar-refractivity contribution is 6.29. The van der Waals surface area contributed by atoms with E-state index < -0.39 is 22.8 Å². The van der Waals surface area contributed by atoms with Gasteiger partial charge in [-0.05, 0) is 0 Å². The van der Waals surface area contributed by atoms with Crippen LogP contribution in [-0.4, -0.2) is 4.98 Å². The average Bonchev–Trinajstić information content (AvgIpc) is 1.82. The van der Waals surface area contributed by atoms with E-state index in [2.05, 4.69) is 4.98 Å². The predicted molar refractivity (Wildman–Crippen MR) is 34.2 cm³/mol. The lowest BCUT2D eigenvalue weighted by molar-refractivity contribution is -0.141. The summed E-state index contributed by atoms with van der Waals surface area (Å²) in [5.74, 6) is -1.05. The number of hydrogen-bond donors (Lipinski definition) is 0. The van der Waals surface area contributed by atoms with Gasteiger partial charge in [0.05, 0.1) is 0 Å². The second-order valence-electron chi connectivity index (χ2n) is 1.99. The molecule has 0 atom stereocenters. The SMILES string of the molecule is Fc1cc(Cl)nc(C(F)(F)F)c1. The molecule has 66 valence electrons. The average molecular weight is 200 g/mol. The smallest absolute Gasteiger partial charge is 0.231 e. The molecule has 0 aliphatic rings. The molecule has 1 aromatic rings. The Balaban J connectivity index is 3.18. The summed E-state index contributed by atoms with van der Waals surface area (Å²) in [6.45, 7) is 0. The van der Waals surface area contributed by atoms with Crippen molar-refractivity contribution >= 4 is 11.6 Å². The van der Waals surface area contributed by atoms with Crippen molar-refractivity contribution in [2.75, 3.05) is 0 Å². The number of alkyl halides is 3. The van der Waals surface area contributed by atoms with Crippen LogP contribution in [0.3, 0.4) is 0 Å². The van der Waals surface area contributed by atoms with Gasteiger partial charge in [-0.1, -0.05) is 11.6 Å². The Labute approximate surface area is 70.0 Å². The normalized spacial score (nSPS) is 11.8. The van der Waals surface area contributed by atoms with E-state index in [4.69, 9.17) is 11.6 Å². The number of pyridine rings is 1. The second kappa shape index (κ2) is 2.90. The van der Waals surface area contributed by atoms with E-state index in [1.807, 2.05) is 0 Å². The molecular weight excluding hydrogens is 198 g/mol. The molecular formula is C6H2ClF4N.